The molecule has 1 unspecified atom stereocenters. The molecule has 1 saturated heterocycles. The third kappa shape index (κ3) is 4.59. The van der Waals surface area contributed by atoms with E-state index in [1.807, 2.05) is 43.3 Å². The van der Waals surface area contributed by atoms with Crippen LogP contribution in [0.5, 0.6) is 0 Å². The molecule has 0 N–H and O–H groups in total. The van der Waals surface area contributed by atoms with Crippen molar-refractivity contribution >= 4 is 29.4 Å². The van der Waals surface area contributed by atoms with Crippen molar-refractivity contribution in [1.82, 2.24) is 4.90 Å². The molecule has 3 aromatic carbocycles. The number of ether oxygens (including phenoxy) is 1. The molecule has 7 nitrogen and oxygen atoms in total. The molecule has 1 atom stereocenters. The summed E-state index contributed by atoms with van der Waals surface area (Å²) in [6, 6.07) is 21.6. The van der Waals surface area contributed by atoms with E-state index < -0.39 is 23.8 Å². The number of carbonyl (C=O) groups excluding carboxylic acids is 4. The molecule has 0 spiro atoms. The highest BCUT2D eigenvalue weighted by molar-refractivity contribution is 6.23. The van der Waals surface area contributed by atoms with Gasteiger partial charge in [-0.1, -0.05) is 48.0 Å². The van der Waals surface area contributed by atoms with Crippen LogP contribution >= 0.6 is 0 Å². The first-order valence-corrected chi connectivity index (χ1v) is 10.9. The van der Waals surface area contributed by atoms with Gasteiger partial charge in [-0.05, 0) is 48.9 Å². The number of carbonyl (C=O) groups is 4. The normalized spacial score (nSPS) is 15.4. The van der Waals surface area contributed by atoms with E-state index in [0.717, 1.165) is 16.0 Å². The summed E-state index contributed by atoms with van der Waals surface area (Å²) in [6.07, 6.45) is -0.123. The van der Waals surface area contributed by atoms with Gasteiger partial charge in [0.2, 0.25) is 5.91 Å². The molecule has 3 amide bonds. The second-order valence-electron chi connectivity index (χ2n) is 8.11. The zero-order valence-electron chi connectivity index (χ0n) is 18.9. The zero-order chi connectivity index (χ0) is 24.2. The van der Waals surface area contributed by atoms with Crippen molar-refractivity contribution < 1.29 is 23.9 Å². The molecule has 4 rings (SSSR count). The van der Waals surface area contributed by atoms with Gasteiger partial charge < -0.3 is 9.64 Å². The second kappa shape index (κ2) is 9.70. The van der Waals surface area contributed by atoms with Crippen molar-refractivity contribution in [2.24, 2.45) is 0 Å². The maximum atomic E-state index is 13.5. The molecule has 0 aromatic heterocycles. The fourth-order valence-electron chi connectivity index (χ4n) is 4.04. The van der Waals surface area contributed by atoms with E-state index in [-0.39, 0.29) is 18.9 Å². The monoisotopic (exact) mass is 456 g/mol. The van der Waals surface area contributed by atoms with Crippen LogP contribution in [-0.4, -0.2) is 41.7 Å². The van der Waals surface area contributed by atoms with Crippen molar-refractivity contribution in [2.75, 3.05) is 12.0 Å². The van der Waals surface area contributed by atoms with Gasteiger partial charge in [-0.2, -0.15) is 0 Å². The Bertz CT molecular complexity index is 1240. The first kappa shape index (κ1) is 22.9. The predicted molar refractivity (Wildman–Crippen MR) is 126 cm³/mol. The first-order valence-electron chi connectivity index (χ1n) is 10.9. The van der Waals surface area contributed by atoms with E-state index in [1.165, 1.54) is 36.3 Å². The van der Waals surface area contributed by atoms with Gasteiger partial charge >= 0.3 is 5.97 Å². The number of aryl methyl sites for hydroxylation is 1. The average molecular weight is 456 g/mol. The smallest absolute Gasteiger partial charge is 0.337 e. The van der Waals surface area contributed by atoms with Crippen molar-refractivity contribution in [1.29, 1.82) is 0 Å². The lowest BCUT2D eigenvalue weighted by Crippen LogP contribution is -2.45. The van der Waals surface area contributed by atoms with E-state index in [2.05, 4.69) is 0 Å². The predicted octanol–water partition coefficient (Wildman–Crippen LogP) is 3.76. The minimum atomic E-state index is -0.944. The number of esters is 1. The number of anilines is 1. The molecule has 7 heteroatoms. The number of hydrogen-bond acceptors (Lipinski definition) is 5. The van der Waals surface area contributed by atoms with Gasteiger partial charge in [-0.15, -0.1) is 0 Å². The highest BCUT2D eigenvalue weighted by atomic mass is 16.5. The number of amides is 3. The van der Waals surface area contributed by atoms with Gasteiger partial charge in [0.15, 0.2) is 0 Å². The molecule has 1 aliphatic rings. The van der Waals surface area contributed by atoms with Crippen molar-refractivity contribution in [2.45, 2.75) is 25.9 Å². The number of hydrogen-bond donors (Lipinski definition) is 0. The van der Waals surface area contributed by atoms with Gasteiger partial charge in [0.05, 0.1) is 24.8 Å². The van der Waals surface area contributed by atoms with Crippen LogP contribution in [0, 0.1) is 6.92 Å². The maximum Gasteiger partial charge on any atom is 0.337 e. The lowest BCUT2D eigenvalue weighted by Gasteiger charge is -2.28. The molecule has 172 valence electrons. The second-order valence-corrected chi connectivity index (χ2v) is 8.11. The lowest BCUT2D eigenvalue weighted by molar-refractivity contribution is -0.122. The molecule has 0 bridgehead atoms. The average Bonchev–Trinajstić information content (AvgIpc) is 3.15. The summed E-state index contributed by atoms with van der Waals surface area (Å²) in [5, 5.41) is 0. The van der Waals surface area contributed by atoms with Crippen LogP contribution in [0.4, 0.5) is 5.69 Å². The highest BCUT2D eigenvalue weighted by Crippen LogP contribution is 2.28. The Balaban J connectivity index is 1.66. The number of rotatable bonds is 6. The molecule has 1 fully saturated rings. The fourth-order valence-corrected chi connectivity index (χ4v) is 4.04. The van der Waals surface area contributed by atoms with Crippen molar-refractivity contribution in [3.05, 3.63) is 101 Å². The summed E-state index contributed by atoms with van der Waals surface area (Å²) in [5.74, 6) is -1.72. The van der Waals surface area contributed by atoms with Crippen molar-refractivity contribution in [3.8, 4) is 0 Å². The number of benzene rings is 3. The molecule has 34 heavy (non-hydrogen) atoms. The molecule has 1 heterocycles. The Hall–Kier alpha value is -4.26. The summed E-state index contributed by atoms with van der Waals surface area (Å²) >= 11 is 0. The minimum Gasteiger partial charge on any atom is -0.465 e. The summed E-state index contributed by atoms with van der Waals surface area (Å²) in [4.78, 5) is 54.1. The fraction of sp³-hybridized carbons (Fsp3) is 0.185. The van der Waals surface area contributed by atoms with E-state index >= 15 is 0 Å². The Labute approximate surface area is 197 Å². The van der Waals surface area contributed by atoms with E-state index in [1.54, 1.807) is 18.2 Å². The van der Waals surface area contributed by atoms with Crippen LogP contribution in [0.25, 0.3) is 0 Å². The molecule has 0 aliphatic carbocycles. The molecule has 0 saturated carbocycles. The van der Waals surface area contributed by atoms with Crippen LogP contribution in [0.1, 0.15) is 38.3 Å². The van der Waals surface area contributed by atoms with E-state index in [0.29, 0.717) is 16.8 Å². The van der Waals surface area contributed by atoms with Crippen molar-refractivity contribution in [3.63, 3.8) is 0 Å². The van der Waals surface area contributed by atoms with Gasteiger partial charge in [0.25, 0.3) is 11.8 Å². The molecule has 1 aliphatic heterocycles. The molecular formula is C27H24N2O5. The summed E-state index contributed by atoms with van der Waals surface area (Å²) in [7, 11) is 1.28. The SMILES string of the molecule is COC(=O)c1ccc(N2C(=O)CC(N(Cc3ccccc3)C(=O)c3cccc(C)c3)C2=O)cc1. The number of imide groups is 1. The summed E-state index contributed by atoms with van der Waals surface area (Å²) < 4.78 is 4.70. The third-order valence-electron chi connectivity index (χ3n) is 5.77. The molecule has 0 radical (unpaired) electrons. The number of nitrogens with zero attached hydrogens (tertiary/aromatic N) is 2. The van der Waals surface area contributed by atoms with Crippen LogP contribution in [0.2, 0.25) is 0 Å². The Morgan fingerprint density at radius 3 is 2.29 bits per heavy atom. The maximum absolute atomic E-state index is 13.5. The Morgan fingerprint density at radius 2 is 1.65 bits per heavy atom. The Morgan fingerprint density at radius 1 is 0.941 bits per heavy atom. The number of methoxy groups -OCH3 is 1. The molecular weight excluding hydrogens is 432 g/mol. The summed E-state index contributed by atoms with van der Waals surface area (Å²) in [6.45, 7) is 2.08. The van der Waals surface area contributed by atoms with Gasteiger partial charge in [0.1, 0.15) is 6.04 Å². The van der Waals surface area contributed by atoms with Crippen LogP contribution in [0.3, 0.4) is 0 Å². The highest BCUT2D eigenvalue weighted by Gasteiger charge is 2.44. The topological polar surface area (TPSA) is 84.0 Å². The van der Waals surface area contributed by atoms with Gasteiger partial charge in [-0.3, -0.25) is 14.4 Å². The van der Waals surface area contributed by atoms with Gasteiger partial charge in [-0.25, -0.2) is 9.69 Å². The third-order valence-corrected chi connectivity index (χ3v) is 5.77. The standard InChI is InChI=1S/C27H24N2O5/c1-18-7-6-10-21(15-18)25(31)28(17-19-8-4-3-5-9-19)23-16-24(30)29(26(23)32)22-13-11-20(12-14-22)27(33)34-2/h3-15,23H,16-17H2,1-2H3. The largest absolute Gasteiger partial charge is 0.465 e. The van der Waals surface area contributed by atoms with Gasteiger partial charge in [0, 0.05) is 12.1 Å². The lowest BCUT2D eigenvalue weighted by atomic mass is 10.1. The minimum absolute atomic E-state index is 0.123. The molecule has 3 aromatic rings. The Kier molecular flexibility index (Phi) is 6.54. The van der Waals surface area contributed by atoms with E-state index in [4.69, 9.17) is 4.74 Å². The quantitative estimate of drug-likeness (QED) is 0.417. The first-order chi connectivity index (χ1) is 16.4. The summed E-state index contributed by atoms with van der Waals surface area (Å²) in [5.41, 5.74) is 2.88. The van der Waals surface area contributed by atoms with Crippen LogP contribution in [-0.2, 0) is 20.9 Å². The van der Waals surface area contributed by atoms with Crippen LogP contribution < -0.4 is 4.90 Å². The zero-order valence-corrected chi connectivity index (χ0v) is 18.9. The van der Waals surface area contributed by atoms with E-state index in [9.17, 15) is 19.2 Å². The van der Waals surface area contributed by atoms with Crippen LogP contribution in [0.15, 0.2) is 78.9 Å².